The largest absolute Gasteiger partial charge is 0.467 e. The maximum atomic E-state index is 11.6. The van der Waals surface area contributed by atoms with E-state index in [2.05, 4.69) is 15.6 Å². The fraction of sp³-hybridized carbons (Fsp3) is 0.667. The molecule has 1 aliphatic rings. The normalized spacial score (nSPS) is 15.0. The Morgan fingerprint density at radius 1 is 1.40 bits per heavy atom. The molecule has 25 heavy (non-hydrogen) atoms. The predicted octanol–water partition coefficient (Wildman–Crippen LogP) is 1.75. The Hall–Kier alpha value is -2.02. The van der Waals surface area contributed by atoms with E-state index < -0.39 is 0 Å². The second-order valence-electron chi connectivity index (χ2n) is 6.01. The van der Waals surface area contributed by atoms with Crippen molar-refractivity contribution in [1.29, 1.82) is 0 Å². The summed E-state index contributed by atoms with van der Waals surface area (Å²) in [5, 5.41) is 6.54. The standard InChI is InChI=1S/C18H30N4O3/c1-2-19-18(20-9-5-12-22-11-3-8-17(22)23)21-10-6-13-24-15-16-7-4-14-25-16/h4,7,14H,2-3,5-6,8-13,15H2,1H3,(H2,19,20,21). The van der Waals surface area contributed by atoms with Crippen molar-refractivity contribution in [3.8, 4) is 0 Å². The first kappa shape index (κ1) is 19.3. The number of ether oxygens (including phenoxy) is 1. The lowest BCUT2D eigenvalue weighted by Crippen LogP contribution is -2.38. The fourth-order valence-electron chi connectivity index (χ4n) is 2.68. The Bertz CT molecular complexity index is 516. The third-order valence-corrected chi connectivity index (χ3v) is 3.95. The molecule has 1 amide bonds. The maximum absolute atomic E-state index is 11.6. The molecule has 2 N–H and O–H groups in total. The van der Waals surface area contributed by atoms with Crippen molar-refractivity contribution in [2.45, 2.75) is 39.2 Å². The van der Waals surface area contributed by atoms with Crippen molar-refractivity contribution in [3.05, 3.63) is 24.2 Å². The summed E-state index contributed by atoms with van der Waals surface area (Å²) in [5.74, 6) is 1.95. The molecule has 0 saturated carbocycles. The topological polar surface area (TPSA) is 79.1 Å². The van der Waals surface area contributed by atoms with Crippen molar-refractivity contribution < 1.29 is 13.9 Å². The van der Waals surface area contributed by atoms with E-state index in [9.17, 15) is 4.79 Å². The van der Waals surface area contributed by atoms with Gasteiger partial charge in [-0.15, -0.1) is 0 Å². The minimum Gasteiger partial charge on any atom is -0.467 e. The van der Waals surface area contributed by atoms with E-state index in [0.29, 0.717) is 26.2 Å². The fourth-order valence-corrected chi connectivity index (χ4v) is 2.68. The molecule has 2 heterocycles. The summed E-state index contributed by atoms with van der Waals surface area (Å²) in [6.45, 7) is 7.28. The lowest BCUT2D eigenvalue weighted by atomic mass is 10.4. The first-order valence-electron chi connectivity index (χ1n) is 9.19. The predicted molar refractivity (Wildman–Crippen MR) is 97.4 cm³/mol. The average Bonchev–Trinajstić information content (AvgIpc) is 3.26. The molecule has 0 radical (unpaired) electrons. The number of carbonyl (C=O) groups is 1. The minimum absolute atomic E-state index is 0.281. The molecule has 0 spiro atoms. The highest BCUT2D eigenvalue weighted by Crippen LogP contribution is 2.09. The number of hydrogen-bond donors (Lipinski definition) is 2. The van der Waals surface area contributed by atoms with E-state index in [0.717, 1.165) is 57.2 Å². The number of likely N-dealkylation sites (tertiary alicyclic amines) is 1. The van der Waals surface area contributed by atoms with Crippen LogP contribution in [-0.2, 0) is 16.1 Å². The molecular weight excluding hydrogens is 320 g/mol. The summed E-state index contributed by atoms with van der Waals surface area (Å²) >= 11 is 0. The molecule has 1 aliphatic heterocycles. The zero-order valence-electron chi connectivity index (χ0n) is 15.1. The molecule has 2 rings (SSSR count). The molecule has 7 nitrogen and oxygen atoms in total. The van der Waals surface area contributed by atoms with Crippen LogP contribution in [-0.4, -0.2) is 56.1 Å². The third kappa shape index (κ3) is 7.60. The lowest BCUT2D eigenvalue weighted by molar-refractivity contribution is -0.127. The van der Waals surface area contributed by atoms with Crippen LogP contribution in [0.2, 0.25) is 0 Å². The van der Waals surface area contributed by atoms with Crippen molar-refractivity contribution >= 4 is 11.9 Å². The van der Waals surface area contributed by atoms with Gasteiger partial charge in [-0.25, -0.2) is 0 Å². The summed E-state index contributed by atoms with van der Waals surface area (Å²) in [4.78, 5) is 18.1. The molecule has 1 aromatic heterocycles. The van der Waals surface area contributed by atoms with Crippen LogP contribution >= 0.6 is 0 Å². The smallest absolute Gasteiger partial charge is 0.222 e. The van der Waals surface area contributed by atoms with Crippen molar-refractivity contribution in [2.24, 2.45) is 4.99 Å². The quantitative estimate of drug-likeness (QED) is 0.361. The van der Waals surface area contributed by atoms with Crippen LogP contribution in [0.15, 0.2) is 27.8 Å². The molecule has 7 heteroatoms. The Morgan fingerprint density at radius 3 is 3.04 bits per heavy atom. The number of rotatable bonds is 11. The number of guanidine groups is 1. The summed E-state index contributed by atoms with van der Waals surface area (Å²) in [6.07, 6.45) is 5.14. The van der Waals surface area contributed by atoms with Gasteiger partial charge in [0, 0.05) is 45.8 Å². The van der Waals surface area contributed by atoms with Gasteiger partial charge in [-0.05, 0) is 38.3 Å². The van der Waals surface area contributed by atoms with Crippen molar-refractivity contribution in [3.63, 3.8) is 0 Å². The van der Waals surface area contributed by atoms with Gasteiger partial charge in [0.2, 0.25) is 5.91 Å². The van der Waals surface area contributed by atoms with Crippen LogP contribution in [0.4, 0.5) is 0 Å². The van der Waals surface area contributed by atoms with Crippen LogP contribution in [0.25, 0.3) is 0 Å². The summed E-state index contributed by atoms with van der Waals surface area (Å²) in [5.41, 5.74) is 0. The first-order chi connectivity index (χ1) is 12.3. The summed E-state index contributed by atoms with van der Waals surface area (Å²) in [6, 6.07) is 3.77. The molecule has 0 aromatic carbocycles. The SMILES string of the molecule is CCNC(=NCCCN1CCCC1=O)NCCCOCc1ccco1. The van der Waals surface area contributed by atoms with Gasteiger partial charge in [-0.2, -0.15) is 0 Å². The van der Waals surface area contributed by atoms with Gasteiger partial charge >= 0.3 is 0 Å². The summed E-state index contributed by atoms with van der Waals surface area (Å²) < 4.78 is 10.8. The van der Waals surface area contributed by atoms with Gasteiger partial charge in [0.05, 0.1) is 6.26 Å². The van der Waals surface area contributed by atoms with Gasteiger partial charge in [0.15, 0.2) is 5.96 Å². The van der Waals surface area contributed by atoms with Crippen LogP contribution < -0.4 is 10.6 Å². The van der Waals surface area contributed by atoms with Gasteiger partial charge in [-0.1, -0.05) is 0 Å². The number of furan rings is 1. The van der Waals surface area contributed by atoms with Gasteiger partial charge < -0.3 is 24.7 Å². The number of amides is 1. The highest BCUT2D eigenvalue weighted by atomic mass is 16.5. The highest BCUT2D eigenvalue weighted by Gasteiger charge is 2.18. The van der Waals surface area contributed by atoms with E-state index >= 15 is 0 Å². The van der Waals surface area contributed by atoms with Gasteiger partial charge in [0.25, 0.3) is 0 Å². The monoisotopic (exact) mass is 350 g/mol. The molecule has 0 aliphatic carbocycles. The molecule has 0 bridgehead atoms. The maximum Gasteiger partial charge on any atom is 0.222 e. The van der Waals surface area contributed by atoms with Crippen LogP contribution in [0, 0.1) is 0 Å². The van der Waals surface area contributed by atoms with Crippen molar-refractivity contribution in [2.75, 3.05) is 39.3 Å². The first-order valence-corrected chi connectivity index (χ1v) is 9.19. The zero-order valence-corrected chi connectivity index (χ0v) is 15.1. The molecule has 140 valence electrons. The molecule has 0 atom stereocenters. The van der Waals surface area contributed by atoms with E-state index in [1.807, 2.05) is 24.0 Å². The van der Waals surface area contributed by atoms with E-state index in [-0.39, 0.29) is 5.91 Å². The van der Waals surface area contributed by atoms with E-state index in [1.165, 1.54) is 0 Å². The third-order valence-electron chi connectivity index (χ3n) is 3.95. The van der Waals surface area contributed by atoms with Crippen LogP contribution in [0.5, 0.6) is 0 Å². The minimum atomic E-state index is 0.281. The van der Waals surface area contributed by atoms with Gasteiger partial charge in [-0.3, -0.25) is 9.79 Å². The average molecular weight is 350 g/mol. The van der Waals surface area contributed by atoms with Crippen LogP contribution in [0.3, 0.4) is 0 Å². The Morgan fingerprint density at radius 2 is 2.32 bits per heavy atom. The van der Waals surface area contributed by atoms with E-state index in [4.69, 9.17) is 9.15 Å². The lowest BCUT2D eigenvalue weighted by Gasteiger charge is -2.15. The zero-order chi connectivity index (χ0) is 17.7. The highest BCUT2D eigenvalue weighted by molar-refractivity contribution is 5.79. The Kier molecular flexibility index (Phi) is 8.90. The number of carbonyl (C=O) groups excluding carboxylic acids is 1. The Balaban J connectivity index is 1.54. The molecular formula is C18H30N4O3. The molecule has 0 unspecified atom stereocenters. The Labute approximate surface area is 149 Å². The van der Waals surface area contributed by atoms with E-state index in [1.54, 1.807) is 6.26 Å². The second-order valence-corrected chi connectivity index (χ2v) is 6.01. The molecule has 1 fully saturated rings. The number of hydrogen-bond acceptors (Lipinski definition) is 4. The van der Waals surface area contributed by atoms with Gasteiger partial charge in [0.1, 0.15) is 12.4 Å². The number of aliphatic imine (C=N–C) groups is 1. The molecule has 1 saturated heterocycles. The number of nitrogens with zero attached hydrogens (tertiary/aromatic N) is 2. The van der Waals surface area contributed by atoms with Crippen molar-refractivity contribution in [1.82, 2.24) is 15.5 Å². The molecule has 1 aromatic rings. The van der Waals surface area contributed by atoms with Crippen LogP contribution in [0.1, 0.15) is 38.4 Å². The second kappa shape index (κ2) is 11.5. The summed E-state index contributed by atoms with van der Waals surface area (Å²) in [7, 11) is 0. The number of nitrogens with one attached hydrogen (secondary N) is 2.